The number of pyridine rings is 1. The molecule has 116 valence electrons. The summed E-state index contributed by atoms with van der Waals surface area (Å²) in [7, 11) is 0. The van der Waals surface area contributed by atoms with Crippen LogP contribution in [-0.2, 0) is 25.8 Å². The summed E-state index contributed by atoms with van der Waals surface area (Å²) in [6.07, 6.45) is -3.66. The van der Waals surface area contributed by atoms with Crippen molar-refractivity contribution in [1.82, 2.24) is 10.3 Å². The van der Waals surface area contributed by atoms with Gasteiger partial charge >= 0.3 is 6.18 Å². The van der Waals surface area contributed by atoms with Gasteiger partial charge in [0.25, 0.3) is 0 Å². The number of anilines is 1. The predicted molar refractivity (Wildman–Crippen MR) is 78.6 cm³/mol. The Bertz CT molecular complexity index is 701. The molecular weight excluding hydrogens is 315 g/mol. The van der Waals surface area contributed by atoms with Gasteiger partial charge in [-0.3, -0.25) is 0 Å². The van der Waals surface area contributed by atoms with Crippen LogP contribution in [0.25, 0.3) is 0 Å². The molecule has 0 saturated carbocycles. The Kier molecular flexibility index (Phi) is 3.97. The van der Waals surface area contributed by atoms with Crippen molar-refractivity contribution < 1.29 is 13.2 Å². The average Bonchev–Trinajstić information content (AvgIpc) is 2.92. The van der Waals surface area contributed by atoms with Gasteiger partial charge in [-0.15, -0.1) is 0 Å². The minimum atomic E-state index is -4.44. The van der Waals surface area contributed by atoms with Crippen LogP contribution in [0.1, 0.15) is 22.3 Å². The highest BCUT2D eigenvalue weighted by Gasteiger charge is 2.31. The number of fused-ring (bicyclic) bond motifs is 1. The molecule has 0 spiro atoms. The lowest BCUT2D eigenvalue weighted by Crippen LogP contribution is -2.08. The minimum Gasteiger partial charge on any atom is -0.365 e. The van der Waals surface area contributed by atoms with Crippen molar-refractivity contribution in [3.8, 4) is 0 Å². The first-order valence-corrected chi connectivity index (χ1v) is 7.09. The zero-order valence-electron chi connectivity index (χ0n) is 11.5. The Labute approximate surface area is 130 Å². The van der Waals surface area contributed by atoms with Crippen LogP contribution in [0.3, 0.4) is 0 Å². The Morgan fingerprint density at radius 3 is 2.68 bits per heavy atom. The molecule has 2 aromatic rings. The van der Waals surface area contributed by atoms with Crippen LogP contribution in [0, 0.1) is 0 Å². The number of alkyl halides is 3. The fourth-order valence-corrected chi connectivity index (χ4v) is 2.60. The first-order valence-electron chi connectivity index (χ1n) is 6.71. The van der Waals surface area contributed by atoms with E-state index in [2.05, 4.69) is 21.7 Å². The minimum absolute atomic E-state index is 0.0438. The molecule has 0 atom stereocenters. The predicted octanol–water partition coefficient (Wildman–Crippen LogP) is 3.97. The van der Waals surface area contributed by atoms with Crippen molar-refractivity contribution in [2.75, 3.05) is 5.32 Å². The zero-order valence-corrected chi connectivity index (χ0v) is 12.2. The summed E-state index contributed by atoms with van der Waals surface area (Å²) in [5, 5.41) is 6.18. The lowest BCUT2D eigenvalue weighted by Gasteiger charge is -2.11. The van der Waals surface area contributed by atoms with Crippen LogP contribution >= 0.6 is 11.6 Å². The van der Waals surface area contributed by atoms with Crippen molar-refractivity contribution in [3.05, 3.63) is 57.7 Å². The lowest BCUT2D eigenvalue weighted by molar-refractivity contribution is -0.137. The summed E-state index contributed by atoms with van der Waals surface area (Å²) in [5.74, 6) is 0.244. The third kappa shape index (κ3) is 3.18. The number of hydrogen-bond acceptors (Lipinski definition) is 3. The Morgan fingerprint density at radius 2 is 1.95 bits per heavy atom. The molecule has 0 amide bonds. The maximum Gasteiger partial charge on any atom is 0.417 e. The van der Waals surface area contributed by atoms with Crippen LogP contribution < -0.4 is 10.6 Å². The molecule has 0 aliphatic carbocycles. The number of benzene rings is 1. The second kappa shape index (κ2) is 5.78. The highest BCUT2D eigenvalue weighted by molar-refractivity contribution is 6.32. The van der Waals surface area contributed by atoms with Gasteiger partial charge < -0.3 is 10.6 Å². The highest BCUT2D eigenvalue weighted by Crippen LogP contribution is 2.32. The second-order valence-electron chi connectivity index (χ2n) is 5.11. The van der Waals surface area contributed by atoms with E-state index in [1.165, 1.54) is 11.1 Å². The average molecular weight is 328 g/mol. The Morgan fingerprint density at radius 1 is 1.18 bits per heavy atom. The number of hydrogen-bond donors (Lipinski definition) is 2. The van der Waals surface area contributed by atoms with E-state index in [0.29, 0.717) is 6.54 Å². The monoisotopic (exact) mass is 327 g/mol. The van der Waals surface area contributed by atoms with Gasteiger partial charge in [-0.25, -0.2) is 4.98 Å². The van der Waals surface area contributed by atoms with Gasteiger partial charge in [0.15, 0.2) is 0 Å². The fourth-order valence-electron chi connectivity index (χ4n) is 2.37. The van der Waals surface area contributed by atoms with E-state index < -0.39 is 11.7 Å². The molecule has 1 aliphatic rings. The second-order valence-corrected chi connectivity index (χ2v) is 5.52. The fraction of sp³-hybridized carbons (Fsp3) is 0.267. The number of nitrogens with zero attached hydrogens (tertiary/aromatic N) is 1. The number of halogens is 4. The van der Waals surface area contributed by atoms with Gasteiger partial charge in [0.2, 0.25) is 0 Å². The Balaban J connectivity index is 1.71. The lowest BCUT2D eigenvalue weighted by atomic mass is 10.1. The van der Waals surface area contributed by atoms with Gasteiger partial charge in [0.1, 0.15) is 5.82 Å². The molecule has 7 heteroatoms. The molecule has 1 aliphatic heterocycles. The molecule has 3 nitrogen and oxygen atoms in total. The summed E-state index contributed by atoms with van der Waals surface area (Å²) < 4.78 is 37.7. The van der Waals surface area contributed by atoms with Crippen molar-refractivity contribution in [1.29, 1.82) is 0 Å². The maximum absolute atomic E-state index is 12.6. The molecule has 0 fully saturated rings. The van der Waals surface area contributed by atoms with E-state index in [-0.39, 0.29) is 10.8 Å². The highest BCUT2D eigenvalue weighted by atomic mass is 35.5. The standard InChI is InChI=1S/C15H13ClF3N3/c16-13-4-12(15(17,18)19)8-22-14(13)21-5-9-1-2-10-6-20-7-11(10)3-9/h1-4,8,20H,5-7H2,(H,21,22). The molecule has 1 aromatic heterocycles. The van der Waals surface area contributed by atoms with Gasteiger partial charge in [-0.2, -0.15) is 13.2 Å². The van der Waals surface area contributed by atoms with E-state index in [1.54, 1.807) is 0 Å². The van der Waals surface area contributed by atoms with E-state index >= 15 is 0 Å². The maximum atomic E-state index is 12.6. The van der Waals surface area contributed by atoms with Crippen LogP contribution in [0.4, 0.5) is 19.0 Å². The molecule has 1 aromatic carbocycles. The number of nitrogens with one attached hydrogen (secondary N) is 2. The van der Waals surface area contributed by atoms with Gasteiger partial charge in [-0.05, 0) is 22.8 Å². The van der Waals surface area contributed by atoms with Gasteiger partial charge in [0.05, 0.1) is 10.6 Å². The molecule has 2 N–H and O–H groups in total. The van der Waals surface area contributed by atoms with Crippen LogP contribution in [-0.4, -0.2) is 4.98 Å². The van der Waals surface area contributed by atoms with Crippen molar-refractivity contribution in [2.24, 2.45) is 0 Å². The van der Waals surface area contributed by atoms with Crippen LogP contribution in [0.15, 0.2) is 30.5 Å². The number of rotatable bonds is 3. The summed E-state index contributed by atoms with van der Waals surface area (Å²) in [5.41, 5.74) is 2.69. The summed E-state index contributed by atoms with van der Waals surface area (Å²) >= 11 is 5.86. The number of aromatic nitrogens is 1. The first kappa shape index (κ1) is 15.1. The molecule has 0 radical (unpaired) electrons. The zero-order chi connectivity index (χ0) is 15.7. The molecule has 0 saturated heterocycles. The quantitative estimate of drug-likeness (QED) is 0.895. The van der Waals surface area contributed by atoms with E-state index in [1.807, 2.05) is 12.1 Å². The molecular formula is C15H13ClF3N3. The normalized spacial score (nSPS) is 14.0. The smallest absolute Gasteiger partial charge is 0.365 e. The third-order valence-corrected chi connectivity index (χ3v) is 3.82. The first-order chi connectivity index (χ1) is 10.4. The molecule has 0 bridgehead atoms. The molecule has 22 heavy (non-hydrogen) atoms. The molecule has 0 unspecified atom stereocenters. The molecule has 2 heterocycles. The van der Waals surface area contributed by atoms with E-state index in [0.717, 1.165) is 30.9 Å². The van der Waals surface area contributed by atoms with Crippen LogP contribution in [0.5, 0.6) is 0 Å². The van der Waals surface area contributed by atoms with Crippen LogP contribution in [0.2, 0.25) is 5.02 Å². The largest absolute Gasteiger partial charge is 0.417 e. The summed E-state index contributed by atoms with van der Waals surface area (Å²) in [4.78, 5) is 3.76. The summed E-state index contributed by atoms with van der Waals surface area (Å²) in [6, 6.07) is 6.98. The Hall–Kier alpha value is -1.79. The molecule has 3 rings (SSSR count). The van der Waals surface area contributed by atoms with Crippen molar-refractivity contribution in [3.63, 3.8) is 0 Å². The van der Waals surface area contributed by atoms with Gasteiger partial charge in [-0.1, -0.05) is 29.8 Å². The SMILES string of the molecule is FC(F)(F)c1cnc(NCc2ccc3c(c2)CNC3)c(Cl)c1. The third-order valence-electron chi connectivity index (χ3n) is 3.53. The summed E-state index contributed by atoms with van der Waals surface area (Å²) in [6.45, 7) is 2.16. The van der Waals surface area contributed by atoms with Crippen molar-refractivity contribution >= 4 is 17.4 Å². The van der Waals surface area contributed by atoms with Crippen molar-refractivity contribution in [2.45, 2.75) is 25.8 Å². The van der Waals surface area contributed by atoms with Gasteiger partial charge in [0, 0.05) is 25.8 Å². The van der Waals surface area contributed by atoms with E-state index in [4.69, 9.17) is 11.6 Å². The topological polar surface area (TPSA) is 37.0 Å². The van der Waals surface area contributed by atoms with E-state index in [9.17, 15) is 13.2 Å².